The highest BCUT2D eigenvalue weighted by Crippen LogP contribution is 2.13. The molecule has 1 unspecified atom stereocenters. The molecule has 0 radical (unpaired) electrons. The summed E-state index contributed by atoms with van der Waals surface area (Å²) in [5, 5.41) is 16.3. The number of hydrogen-bond acceptors (Lipinski definition) is 3. The molecule has 3 heteroatoms. The molecule has 1 heterocycles. The largest absolute Gasteiger partial charge is 0.508 e. The molecule has 1 fully saturated rings. The Hall–Kier alpha value is -1.06. The molecule has 0 spiro atoms. The zero-order valence-corrected chi connectivity index (χ0v) is 11.9. The molecule has 1 aromatic carbocycles. The number of benzene rings is 1. The molecule has 0 aliphatic carbocycles. The van der Waals surface area contributed by atoms with Crippen molar-refractivity contribution in [3.8, 4) is 5.75 Å². The summed E-state index contributed by atoms with van der Waals surface area (Å²) in [4.78, 5) is 0. The van der Waals surface area contributed by atoms with Crippen LogP contribution >= 0.6 is 0 Å². The number of aromatic hydroxyl groups is 1. The van der Waals surface area contributed by atoms with Gasteiger partial charge in [0, 0.05) is 6.04 Å². The van der Waals surface area contributed by atoms with Crippen LogP contribution in [0.5, 0.6) is 5.75 Å². The Kier molecular flexibility index (Phi) is 5.67. The summed E-state index contributed by atoms with van der Waals surface area (Å²) >= 11 is 0. The highest BCUT2D eigenvalue weighted by atomic mass is 16.3. The summed E-state index contributed by atoms with van der Waals surface area (Å²) in [5.74, 6) is 1.19. The molecule has 0 amide bonds. The van der Waals surface area contributed by atoms with Gasteiger partial charge in [0.2, 0.25) is 0 Å². The molecule has 1 saturated heterocycles. The second kappa shape index (κ2) is 7.51. The lowest BCUT2D eigenvalue weighted by molar-refractivity contribution is 0.339. The lowest BCUT2D eigenvalue weighted by Crippen LogP contribution is -2.37. The summed E-state index contributed by atoms with van der Waals surface area (Å²) in [6.07, 6.45) is 4.83. The van der Waals surface area contributed by atoms with Crippen LogP contribution in [0, 0.1) is 5.92 Å². The lowest BCUT2D eigenvalue weighted by atomic mass is 9.97. The van der Waals surface area contributed by atoms with E-state index in [1.165, 1.54) is 31.5 Å². The molecular weight excluding hydrogens is 236 g/mol. The fourth-order valence-electron chi connectivity index (χ4n) is 2.60. The number of phenolic OH excluding ortho intramolecular Hbond substituents is 1. The van der Waals surface area contributed by atoms with Crippen molar-refractivity contribution in [3.63, 3.8) is 0 Å². The van der Waals surface area contributed by atoms with Crippen molar-refractivity contribution in [1.29, 1.82) is 0 Å². The van der Waals surface area contributed by atoms with Crippen molar-refractivity contribution in [2.45, 2.75) is 38.6 Å². The molecule has 3 nitrogen and oxygen atoms in total. The number of piperidine rings is 1. The van der Waals surface area contributed by atoms with Crippen LogP contribution in [-0.4, -0.2) is 30.8 Å². The maximum Gasteiger partial charge on any atom is 0.115 e. The first kappa shape index (κ1) is 14.4. The molecule has 1 aromatic rings. The second-order valence-corrected chi connectivity index (χ2v) is 5.71. The first-order valence-electron chi connectivity index (χ1n) is 7.46. The van der Waals surface area contributed by atoms with E-state index in [0.717, 1.165) is 25.3 Å². The molecular formula is C16H26N2O. The SMILES string of the molecule is CC(CCc1ccc(O)cc1)NCC1CCNCC1. The van der Waals surface area contributed by atoms with Gasteiger partial charge in [0.05, 0.1) is 0 Å². The van der Waals surface area contributed by atoms with E-state index >= 15 is 0 Å². The van der Waals surface area contributed by atoms with Crippen LogP contribution < -0.4 is 10.6 Å². The third kappa shape index (κ3) is 5.21. The van der Waals surface area contributed by atoms with Gasteiger partial charge in [-0.15, -0.1) is 0 Å². The minimum Gasteiger partial charge on any atom is -0.508 e. The molecule has 1 aliphatic heterocycles. The molecule has 0 bridgehead atoms. The standard InChI is InChI=1S/C16H26N2O/c1-13(18-12-15-8-10-17-11-9-15)2-3-14-4-6-16(19)7-5-14/h4-7,13,15,17-19H,2-3,8-12H2,1H3. The normalized spacial score (nSPS) is 18.4. The molecule has 0 aromatic heterocycles. The Labute approximate surface area is 116 Å². The van der Waals surface area contributed by atoms with Gasteiger partial charge in [0.25, 0.3) is 0 Å². The number of nitrogens with one attached hydrogen (secondary N) is 2. The van der Waals surface area contributed by atoms with Gasteiger partial charge in [0.15, 0.2) is 0 Å². The molecule has 0 saturated carbocycles. The minimum atomic E-state index is 0.348. The first-order valence-corrected chi connectivity index (χ1v) is 7.46. The van der Waals surface area contributed by atoms with Crippen LogP contribution in [0.2, 0.25) is 0 Å². The molecule has 2 rings (SSSR count). The van der Waals surface area contributed by atoms with E-state index in [9.17, 15) is 5.11 Å². The Morgan fingerprint density at radius 2 is 1.95 bits per heavy atom. The van der Waals surface area contributed by atoms with Gasteiger partial charge in [-0.25, -0.2) is 0 Å². The van der Waals surface area contributed by atoms with Crippen LogP contribution in [0.3, 0.4) is 0 Å². The predicted molar refractivity (Wildman–Crippen MR) is 79.5 cm³/mol. The molecule has 1 aliphatic rings. The van der Waals surface area contributed by atoms with Crippen LogP contribution in [-0.2, 0) is 6.42 Å². The van der Waals surface area contributed by atoms with Crippen LogP contribution in [0.25, 0.3) is 0 Å². The minimum absolute atomic E-state index is 0.348. The van der Waals surface area contributed by atoms with E-state index in [2.05, 4.69) is 17.6 Å². The fourth-order valence-corrected chi connectivity index (χ4v) is 2.60. The van der Waals surface area contributed by atoms with E-state index < -0.39 is 0 Å². The van der Waals surface area contributed by atoms with Gasteiger partial charge in [-0.05, 0) is 75.9 Å². The summed E-state index contributed by atoms with van der Waals surface area (Å²) in [7, 11) is 0. The number of aryl methyl sites for hydroxylation is 1. The topological polar surface area (TPSA) is 44.3 Å². The van der Waals surface area contributed by atoms with E-state index in [1.54, 1.807) is 12.1 Å². The Morgan fingerprint density at radius 1 is 1.26 bits per heavy atom. The third-order valence-electron chi connectivity index (χ3n) is 4.02. The maximum atomic E-state index is 9.25. The highest BCUT2D eigenvalue weighted by Gasteiger charge is 2.13. The van der Waals surface area contributed by atoms with Gasteiger partial charge in [-0.1, -0.05) is 12.1 Å². The summed E-state index contributed by atoms with van der Waals surface area (Å²) < 4.78 is 0. The number of rotatable bonds is 6. The molecule has 3 N–H and O–H groups in total. The molecule has 106 valence electrons. The number of phenols is 1. The smallest absolute Gasteiger partial charge is 0.115 e. The van der Waals surface area contributed by atoms with E-state index in [4.69, 9.17) is 0 Å². The summed E-state index contributed by atoms with van der Waals surface area (Å²) in [6.45, 7) is 5.77. The lowest BCUT2D eigenvalue weighted by Gasteiger charge is -2.24. The average Bonchev–Trinajstić information content (AvgIpc) is 2.45. The summed E-state index contributed by atoms with van der Waals surface area (Å²) in [5.41, 5.74) is 1.30. The molecule has 19 heavy (non-hydrogen) atoms. The summed E-state index contributed by atoms with van der Waals surface area (Å²) in [6, 6.07) is 8.11. The van der Waals surface area contributed by atoms with Crippen molar-refractivity contribution in [3.05, 3.63) is 29.8 Å². The van der Waals surface area contributed by atoms with Crippen LogP contribution in [0.15, 0.2) is 24.3 Å². The zero-order valence-electron chi connectivity index (χ0n) is 11.9. The van der Waals surface area contributed by atoms with E-state index in [-0.39, 0.29) is 0 Å². The van der Waals surface area contributed by atoms with Crippen molar-refractivity contribution >= 4 is 0 Å². The van der Waals surface area contributed by atoms with Crippen LogP contribution in [0.4, 0.5) is 0 Å². The van der Waals surface area contributed by atoms with Crippen molar-refractivity contribution < 1.29 is 5.11 Å². The Balaban J connectivity index is 1.63. The van der Waals surface area contributed by atoms with E-state index in [0.29, 0.717) is 11.8 Å². The quantitative estimate of drug-likeness (QED) is 0.737. The van der Waals surface area contributed by atoms with Crippen molar-refractivity contribution in [2.75, 3.05) is 19.6 Å². The monoisotopic (exact) mass is 262 g/mol. The highest BCUT2D eigenvalue weighted by molar-refractivity contribution is 5.25. The van der Waals surface area contributed by atoms with Crippen molar-refractivity contribution in [1.82, 2.24) is 10.6 Å². The van der Waals surface area contributed by atoms with Crippen LogP contribution in [0.1, 0.15) is 31.7 Å². The number of hydrogen-bond donors (Lipinski definition) is 3. The third-order valence-corrected chi connectivity index (χ3v) is 4.02. The van der Waals surface area contributed by atoms with Gasteiger partial charge in [-0.2, -0.15) is 0 Å². The fraction of sp³-hybridized carbons (Fsp3) is 0.625. The van der Waals surface area contributed by atoms with Gasteiger partial charge >= 0.3 is 0 Å². The predicted octanol–water partition coefficient (Wildman–Crippen LogP) is 2.30. The molecule has 1 atom stereocenters. The zero-order chi connectivity index (χ0) is 13.5. The second-order valence-electron chi connectivity index (χ2n) is 5.71. The van der Waals surface area contributed by atoms with E-state index in [1.807, 2.05) is 12.1 Å². The maximum absolute atomic E-state index is 9.25. The van der Waals surface area contributed by atoms with Gasteiger partial charge < -0.3 is 15.7 Å². The average molecular weight is 262 g/mol. The van der Waals surface area contributed by atoms with Gasteiger partial charge in [0.1, 0.15) is 5.75 Å². The Morgan fingerprint density at radius 3 is 2.63 bits per heavy atom. The van der Waals surface area contributed by atoms with Gasteiger partial charge in [-0.3, -0.25) is 0 Å². The van der Waals surface area contributed by atoms with Crippen molar-refractivity contribution in [2.24, 2.45) is 5.92 Å². The Bertz CT molecular complexity index is 358. The first-order chi connectivity index (χ1) is 9.24.